The van der Waals surface area contributed by atoms with Crippen LogP contribution in [0.3, 0.4) is 0 Å². The van der Waals surface area contributed by atoms with Crippen molar-refractivity contribution in [2.75, 3.05) is 13.7 Å². The van der Waals surface area contributed by atoms with Crippen molar-refractivity contribution in [2.45, 2.75) is 13.5 Å². The smallest absolute Gasteiger partial charge is 0.307 e. The minimum Gasteiger partial charge on any atom is -0.494 e. The Morgan fingerprint density at radius 1 is 1.14 bits per heavy atom. The van der Waals surface area contributed by atoms with Crippen molar-refractivity contribution in [1.29, 1.82) is 0 Å². The van der Waals surface area contributed by atoms with Crippen molar-refractivity contribution in [3.63, 3.8) is 0 Å². The van der Waals surface area contributed by atoms with Gasteiger partial charge in [0.15, 0.2) is 17.3 Å². The van der Waals surface area contributed by atoms with Crippen LogP contribution in [0.4, 0.5) is 4.39 Å². The van der Waals surface area contributed by atoms with Crippen LogP contribution in [0.2, 0.25) is 5.02 Å². The third kappa shape index (κ3) is 5.73. The lowest BCUT2D eigenvalue weighted by atomic mass is 10.2. The van der Waals surface area contributed by atoms with Crippen molar-refractivity contribution < 1.29 is 27.8 Å². The molecule has 7 nitrogen and oxygen atoms in total. The molecule has 0 atom stereocenters. The first-order valence-electron chi connectivity index (χ1n) is 10.7. The maximum atomic E-state index is 13.9. The first-order valence-corrected chi connectivity index (χ1v) is 11.1. The van der Waals surface area contributed by atoms with Gasteiger partial charge in [0, 0.05) is 10.9 Å². The fourth-order valence-electron chi connectivity index (χ4n) is 3.33. The summed E-state index contributed by atoms with van der Waals surface area (Å²) in [6, 6.07) is 16.5. The molecule has 1 amide bonds. The number of carbonyl (C=O) groups is 1. The predicted molar refractivity (Wildman–Crippen MR) is 131 cm³/mol. The van der Waals surface area contributed by atoms with Crippen LogP contribution in [0.15, 0.2) is 70.2 Å². The van der Waals surface area contributed by atoms with Crippen LogP contribution in [0.25, 0.3) is 11.0 Å². The van der Waals surface area contributed by atoms with Crippen LogP contribution in [0, 0.1) is 5.82 Å². The number of ether oxygens (including phenoxy) is 3. The number of hydrazone groups is 1. The molecule has 1 aromatic heterocycles. The molecule has 0 fully saturated rings. The Morgan fingerprint density at radius 2 is 1.97 bits per heavy atom. The maximum absolute atomic E-state index is 13.9. The quantitative estimate of drug-likeness (QED) is 0.228. The number of hydrogen-bond donors (Lipinski definition) is 1. The Balaban J connectivity index is 1.44. The Kier molecular flexibility index (Phi) is 7.52. The van der Waals surface area contributed by atoms with E-state index in [0.717, 1.165) is 5.39 Å². The molecule has 0 radical (unpaired) electrons. The summed E-state index contributed by atoms with van der Waals surface area (Å²) >= 11 is 6.36. The molecular weight excluding hydrogens is 475 g/mol. The Hall–Kier alpha value is -4.04. The van der Waals surface area contributed by atoms with Crippen LogP contribution in [-0.4, -0.2) is 25.8 Å². The van der Waals surface area contributed by atoms with E-state index < -0.39 is 5.91 Å². The molecule has 0 bridgehead atoms. The fourth-order valence-corrected chi connectivity index (χ4v) is 3.60. The Bertz CT molecular complexity index is 1390. The third-order valence-electron chi connectivity index (χ3n) is 4.98. The van der Waals surface area contributed by atoms with Gasteiger partial charge in [-0.25, -0.2) is 9.82 Å². The number of halogens is 2. The number of nitrogens with zero attached hydrogens (tertiary/aromatic N) is 1. The van der Waals surface area contributed by atoms with Gasteiger partial charge in [0.2, 0.25) is 0 Å². The lowest BCUT2D eigenvalue weighted by Gasteiger charge is -2.13. The standard InChI is InChI=1S/C26H22ClFN2O5/c1-3-33-19-8-9-22-18(12-19)13-24(35-22)26(31)30-29-14-16-10-20(27)25(23(11-16)32-2)34-15-17-6-4-5-7-21(17)28/h4-14H,3,15H2,1-2H3,(H,30,31)/b29-14+. The molecule has 3 aromatic carbocycles. The zero-order chi connectivity index (χ0) is 24.8. The van der Waals surface area contributed by atoms with Gasteiger partial charge >= 0.3 is 5.91 Å². The highest BCUT2D eigenvalue weighted by atomic mass is 35.5. The topological polar surface area (TPSA) is 82.3 Å². The normalized spacial score (nSPS) is 11.1. The van der Waals surface area contributed by atoms with E-state index in [9.17, 15) is 9.18 Å². The highest BCUT2D eigenvalue weighted by Gasteiger charge is 2.14. The molecule has 4 rings (SSSR count). The second-order valence-corrected chi connectivity index (χ2v) is 7.76. The van der Waals surface area contributed by atoms with Crippen LogP contribution in [0.5, 0.6) is 17.2 Å². The van der Waals surface area contributed by atoms with E-state index in [1.807, 2.05) is 6.92 Å². The fraction of sp³-hybridized carbons (Fsp3) is 0.154. The number of methoxy groups -OCH3 is 1. The molecule has 1 heterocycles. The van der Waals surface area contributed by atoms with Crippen LogP contribution in [-0.2, 0) is 6.61 Å². The summed E-state index contributed by atoms with van der Waals surface area (Å²) in [5.41, 5.74) is 3.92. The first kappa shape index (κ1) is 24.1. The van der Waals surface area contributed by atoms with Gasteiger partial charge in [-0.1, -0.05) is 29.8 Å². The number of nitrogens with one attached hydrogen (secondary N) is 1. The zero-order valence-electron chi connectivity index (χ0n) is 19.0. The molecule has 0 aliphatic heterocycles. The van der Waals surface area contributed by atoms with Gasteiger partial charge < -0.3 is 18.6 Å². The van der Waals surface area contributed by atoms with Crippen molar-refractivity contribution >= 4 is 34.7 Å². The highest BCUT2D eigenvalue weighted by Crippen LogP contribution is 2.36. The number of hydrogen-bond acceptors (Lipinski definition) is 6. The third-order valence-corrected chi connectivity index (χ3v) is 5.26. The predicted octanol–water partition coefficient (Wildman–Crippen LogP) is 5.98. The van der Waals surface area contributed by atoms with Gasteiger partial charge in [-0.3, -0.25) is 4.79 Å². The van der Waals surface area contributed by atoms with E-state index in [0.29, 0.717) is 34.8 Å². The van der Waals surface area contributed by atoms with Gasteiger partial charge in [0.25, 0.3) is 0 Å². The minimum atomic E-state index is -0.515. The summed E-state index contributed by atoms with van der Waals surface area (Å²) in [7, 11) is 1.46. The molecule has 9 heteroatoms. The summed E-state index contributed by atoms with van der Waals surface area (Å²) < 4.78 is 36.0. The Morgan fingerprint density at radius 3 is 2.74 bits per heavy atom. The SMILES string of the molecule is CCOc1ccc2oc(C(=O)N/N=C/c3cc(Cl)c(OCc4ccccc4F)c(OC)c3)cc2c1. The highest BCUT2D eigenvalue weighted by molar-refractivity contribution is 6.32. The lowest BCUT2D eigenvalue weighted by molar-refractivity contribution is 0.0929. The van der Waals surface area contributed by atoms with Crippen LogP contribution in [0.1, 0.15) is 28.6 Å². The van der Waals surface area contributed by atoms with E-state index in [4.69, 9.17) is 30.2 Å². The van der Waals surface area contributed by atoms with Gasteiger partial charge in [0.1, 0.15) is 23.8 Å². The molecule has 0 aliphatic carbocycles. The van der Waals surface area contributed by atoms with E-state index in [1.54, 1.807) is 54.6 Å². The van der Waals surface area contributed by atoms with Crippen molar-refractivity contribution in [3.8, 4) is 17.2 Å². The second-order valence-electron chi connectivity index (χ2n) is 7.36. The summed E-state index contributed by atoms with van der Waals surface area (Å²) in [6.07, 6.45) is 1.41. The van der Waals surface area contributed by atoms with Gasteiger partial charge in [-0.05, 0) is 55.0 Å². The molecule has 0 saturated carbocycles. The summed E-state index contributed by atoms with van der Waals surface area (Å²) in [6.45, 7) is 2.42. The zero-order valence-corrected chi connectivity index (χ0v) is 19.8. The number of rotatable bonds is 9. The second kappa shape index (κ2) is 10.9. The maximum Gasteiger partial charge on any atom is 0.307 e. The molecule has 0 unspecified atom stereocenters. The van der Waals surface area contributed by atoms with Crippen molar-refractivity contribution in [3.05, 3.63) is 88.4 Å². The minimum absolute atomic E-state index is 0.0180. The number of furan rings is 1. The average molecular weight is 497 g/mol. The Labute approximate surface area is 206 Å². The van der Waals surface area contributed by atoms with Crippen LogP contribution < -0.4 is 19.6 Å². The molecule has 180 valence electrons. The summed E-state index contributed by atoms with van der Waals surface area (Å²) in [5.74, 6) is 0.520. The van der Waals surface area contributed by atoms with E-state index in [1.165, 1.54) is 19.4 Å². The summed E-state index contributed by atoms with van der Waals surface area (Å²) in [4.78, 5) is 12.5. The molecule has 4 aromatic rings. The first-order chi connectivity index (χ1) is 17.0. The van der Waals surface area contributed by atoms with E-state index in [2.05, 4.69) is 10.5 Å². The van der Waals surface area contributed by atoms with E-state index in [-0.39, 0.29) is 29.0 Å². The summed E-state index contributed by atoms with van der Waals surface area (Å²) in [5, 5.41) is 4.96. The largest absolute Gasteiger partial charge is 0.494 e. The molecule has 0 saturated heterocycles. The molecule has 0 spiro atoms. The molecular formula is C26H22ClFN2O5. The molecule has 0 aliphatic rings. The number of fused-ring (bicyclic) bond motifs is 1. The number of benzene rings is 3. The van der Waals surface area contributed by atoms with Crippen molar-refractivity contribution in [1.82, 2.24) is 5.43 Å². The lowest BCUT2D eigenvalue weighted by Crippen LogP contribution is -2.16. The van der Waals surface area contributed by atoms with E-state index >= 15 is 0 Å². The monoisotopic (exact) mass is 496 g/mol. The van der Waals surface area contributed by atoms with Gasteiger partial charge in [0.05, 0.1) is 25.0 Å². The van der Waals surface area contributed by atoms with Crippen LogP contribution >= 0.6 is 11.6 Å². The van der Waals surface area contributed by atoms with Gasteiger partial charge in [-0.2, -0.15) is 5.10 Å². The average Bonchev–Trinajstić information content (AvgIpc) is 3.28. The van der Waals surface area contributed by atoms with Gasteiger partial charge in [-0.15, -0.1) is 0 Å². The number of amides is 1. The van der Waals surface area contributed by atoms with Crippen molar-refractivity contribution in [2.24, 2.45) is 5.10 Å². The molecule has 35 heavy (non-hydrogen) atoms. The molecule has 1 N–H and O–H groups in total. The number of carbonyl (C=O) groups excluding carboxylic acids is 1.